The molecule has 7 heteroatoms. The molecule has 1 fully saturated rings. The predicted octanol–water partition coefficient (Wildman–Crippen LogP) is 2.97. The Morgan fingerprint density at radius 2 is 2.11 bits per heavy atom. The molecule has 1 aromatic carbocycles. The van der Waals surface area contributed by atoms with Crippen LogP contribution in [0.15, 0.2) is 34.9 Å². The molecule has 1 N–H and O–H groups in total. The summed E-state index contributed by atoms with van der Waals surface area (Å²) in [5, 5.41) is 7.01. The molecule has 1 aromatic heterocycles. The summed E-state index contributed by atoms with van der Waals surface area (Å²) in [7, 11) is 3.44. The predicted molar refractivity (Wildman–Crippen MR) is 103 cm³/mol. The lowest BCUT2D eigenvalue weighted by Crippen LogP contribution is -2.42. The second-order valence-electron chi connectivity index (χ2n) is 6.97. The van der Waals surface area contributed by atoms with Crippen LogP contribution in [0.25, 0.3) is 0 Å². The van der Waals surface area contributed by atoms with Crippen LogP contribution in [0.5, 0.6) is 5.75 Å². The number of ether oxygens (including phenoxy) is 1. The lowest BCUT2D eigenvalue weighted by Gasteiger charge is -2.30. The summed E-state index contributed by atoms with van der Waals surface area (Å²) in [6.45, 7) is 4.84. The number of hydrogen-bond acceptors (Lipinski definition) is 5. The molecule has 2 heterocycles. The quantitative estimate of drug-likeness (QED) is 0.809. The van der Waals surface area contributed by atoms with Crippen LogP contribution in [0, 0.1) is 6.92 Å². The minimum atomic E-state index is -0.130. The molecule has 146 valence electrons. The van der Waals surface area contributed by atoms with Crippen molar-refractivity contribution in [2.24, 2.45) is 0 Å². The van der Waals surface area contributed by atoms with E-state index >= 15 is 0 Å². The number of carbonyl (C=O) groups is 1. The fourth-order valence-electron chi connectivity index (χ4n) is 3.56. The fourth-order valence-corrected chi connectivity index (χ4v) is 3.56. The Hall–Kier alpha value is -2.54. The number of likely N-dealkylation sites (tertiary alicyclic amines) is 1. The van der Waals surface area contributed by atoms with Crippen LogP contribution in [0.4, 0.5) is 4.79 Å². The van der Waals surface area contributed by atoms with Crippen LogP contribution in [-0.2, 0) is 6.54 Å². The van der Waals surface area contributed by atoms with Gasteiger partial charge in [0.15, 0.2) is 0 Å². The fraction of sp³-hybridized carbons (Fsp3) is 0.500. The van der Waals surface area contributed by atoms with Gasteiger partial charge < -0.3 is 19.5 Å². The second-order valence-corrected chi connectivity index (χ2v) is 6.97. The number of hydrogen-bond donors (Lipinski definition) is 1. The molecular weight excluding hydrogens is 344 g/mol. The highest BCUT2D eigenvalue weighted by molar-refractivity contribution is 5.73. The molecule has 0 spiro atoms. The Balaban J connectivity index is 1.66. The maximum atomic E-state index is 12.6. The summed E-state index contributed by atoms with van der Waals surface area (Å²) < 4.78 is 10.6. The lowest BCUT2D eigenvalue weighted by molar-refractivity contribution is 0.193. The zero-order chi connectivity index (χ0) is 19.2. The van der Waals surface area contributed by atoms with Crippen molar-refractivity contribution in [3.05, 3.63) is 47.3 Å². The van der Waals surface area contributed by atoms with Crippen molar-refractivity contribution in [3.8, 4) is 5.75 Å². The first-order valence-corrected chi connectivity index (χ1v) is 9.36. The lowest BCUT2D eigenvalue weighted by atomic mass is 10.0. The molecule has 1 atom stereocenters. The zero-order valence-corrected chi connectivity index (χ0v) is 16.3. The smallest absolute Gasteiger partial charge is 0.317 e. The van der Waals surface area contributed by atoms with Gasteiger partial charge in [-0.25, -0.2) is 4.79 Å². The third kappa shape index (κ3) is 4.80. The maximum Gasteiger partial charge on any atom is 0.317 e. The monoisotopic (exact) mass is 372 g/mol. The molecule has 1 unspecified atom stereocenters. The first-order chi connectivity index (χ1) is 13.1. The number of nitrogens with zero attached hydrogens (tertiary/aromatic N) is 3. The summed E-state index contributed by atoms with van der Waals surface area (Å²) in [5.41, 5.74) is 1.85. The van der Waals surface area contributed by atoms with Crippen molar-refractivity contribution in [3.63, 3.8) is 0 Å². The van der Waals surface area contributed by atoms with Gasteiger partial charge in [-0.05, 0) is 38.9 Å². The molecule has 0 aliphatic carbocycles. The van der Waals surface area contributed by atoms with Gasteiger partial charge in [-0.3, -0.25) is 4.90 Å². The minimum Gasteiger partial charge on any atom is -0.496 e. The topological polar surface area (TPSA) is 70.8 Å². The molecule has 1 aliphatic heterocycles. The largest absolute Gasteiger partial charge is 0.496 e. The van der Waals surface area contributed by atoms with E-state index < -0.39 is 0 Å². The number of para-hydroxylation sites is 1. The summed E-state index contributed by atoms with van der Waals surface area (Å²) >= 11 is 0. The van der Waals surface area contributed by atoms with Crippen molar-refractivity contribution in [2.45, 2.75) is 32.4 Å². The van der Waals surface area contributed by atoms with Gasteiger partial charge >= 0.3 is 6.03 Å². The Labute approximate surface area is 160 Å². The third-order valence-corrected chi connectivity index (χ3v) is 4.95. The molecule has 0 radical (unpaired) electrons. The molecule has 0 bridgehead atoms. The Morgan fingerprint density at radius 1 is 1.37 bits per heavy atom. The molecule has 1 saturated heterocycles. The van der Waals surface area contributed by atoms with E-state index in [0.717, 1.165) is 35.9 Å². The molecule has 1 aliphatic rings. The van der Waals surface area contributed by atoms with E-state index in [0.29, 0.717) is 13.1 Å². The highest BCUT2D eigenvalue weighted by Gasteiger charge is 2.26. The molecule has 2 amide bonds. The Kier molecular flexibility index (Phi) is 6.34. The normalized spacial score (nSPS) is 15.5. The molecular formula is C20H28N4O3. The number of nitrogens with one attached hydrogen (secondary N) is 1. The van der Waals surface area contributed by atoms with Crippen LogP contribution < -0.4 is 10.1 Å². The van der Waals surface area contributed by atoms with Gasteiger partial charge in [0.05, 0.1) is 19.7 Å². The van der Waals surface area contributed by atoms with Gasteiger partial charge in [-0.1, -0.05) is 23.4 Å². The second kappa shape index (κ2) is 8.90. The van der Waals surface area contributed by atoms with Crippen molar-refractivity contribution < 1.29 is 14.1 Å². The van der Waals surface area contributed by atoms with Gasteiger partial charge in [0.25, 0.3) is 0 Å². The van der Waals surface area contributed by atoms with Crippen molar-refractivity contribution in [1.29, 1.82) is 0 Å². The first-order valence-electron chi connectivity index (χ1n) is 9.36. The van der Waals surface area contributed by atoms with Crippen molar-refractivity contribution in [2.75, 3.05) is 33.8 Å². The van der Waals surface area contributed by atoms with Gasteiger partial charge in [-0.2, -0.15) is 0 Å². The van der Waals surface area contributed by atoms with Gasteiger partial charge in [-0.15, -0.1) is 0 Å². The average Bonchev–Trinajstić information content (AvgIpc) is 3.34. The third-order valence-electron chi connectivity index (χ3n) is 4.95. The molecule has 2 aromatic rings. The van der Waals surface area contributed by atoms with Crippen LogP contribution in [0.2, 0.25) is 0 Å². The van der Waals surface area contributed by atoms with E-state index in [1.54, 1.807) is 19.1 Å². The summed E-state index contributed by atoms with van der Waals surface area (Å²) in [6, 6.07) is 9.84. The van der Waals surface area contributed by atoms with E-state index in [9.17, 15) is 4.79 Å². The first kappa shape index (κ1) is 19.2. The van der Waals surface area contributed by atoms with E-state index in [-0.39, 0.29) is 12.1 Å². The number of benzene rings is 1. The highest BCUT2D eigenvalue weighted by Crippen LogP contribution is 2.31. The van der Waals surface area contributed by atoms with Crippen LogP contribution >= 0.6 is 0 Å². The number of urea groups is 1. The van der Waals surface area contributed by atoms with Gasteiger partial charge in [0.1, 0.15) is 17.2 Å². The number of aryl methyl sites for hydroxylation is 1. The molecule has 0 saturated carbocycles. The van der Waals surface area contributed by atoms with E-state index in [2.05, 4.69) is 21.4 Å². The Bertz CT molecular complexity index is 755. The van der Waals surface area contributed by atoms with E-state index in [4.69, 9.17) is 9.26 Å². The van der Waals surface area contributed by atoms with Crippen LogP contribution in [0.3, 0.4) is 0 Å². The van der Waals surface area contributed by atoms with Gasteiger partial charge in [0, 0.05) is 25.2 Å². The van der Waals surface area contributed by atoms with Crippen LogP contribution in [0.1, 0.15) is 35.9 Å². The summed E-state index contributed by atoms with van der Waals surface area (Å²) in [6.07, 6.45) is 2.37. The number of methoxy groups -OCH3 is 1. The number of rotatable bonds is 7. The minimum absolute atomic E-state index is 0.0929. The van der Waals surface area contributed by atoms with E-state index in [1.807, 2.05) is 31.2 Å². The van der Waals surface area contributed by atoms with E-state index in [1.165, 1.54) is 12.8 Å². The average molecular weight is 372 g/mol. The molecule has 7 nitrogen and oxygen atoms in total. The van der Waals surface area contributed by atoms with Gasteiger partial charge in [0.2, 0.25) is 0 Å². The molecule has 3 rings (SSSR count). The molecule has 27 heavy (non-hydrogen) atoms. The highest BCUT2D eigenvalue weighted by atomic mass is 16.5. The number of carbonyl (C=O) groups excluding carboxylic acids is 1. The van der Waals surface area contributed by atoms with Crippen LogP contribution in [-0.4, -0.2) is 54.8 Å². The SMILES string of the molecule is COc1ccccc1C(CNC(=O)N(C)Cc1cc(C)on1)N1CCCC1. The number of amides is 2. The summed E-state index contributed by atoms with van der Waals surface area (Å²) in [5.74, 6) is 1.60. The zero-order valence-electron chi connectivity index (χ0n) is 16.3. The number of aromatic nitrogens is 1. The Morgan fingerprint density at radius 3 is 2.78 bits per heavy atom. The standard InChI is InChI=1S/C20H28N4O3/c1-15-12-16(22-27-15)14-23(2)20(25)21-13-18(24-10-6-7-11-24)17-8-4-5-9-19(17)26-3/h4-5,8-9,12,18H,6-7,10-11,13-14H2,1-3H3,(H,21,25). The maximum absolute atomic E-state index is 12.6. The van der Waals surface area contributed by atoms with Crippen molar-refractivity contribution >= 4 is 6.03 Å². The van der Waals surface area contributed by atoms with Crippen molar-refractivity contribution in [1.82, 2.24) is 20.3 Å². The summed E-state index contributed by atoms with van der Waals surface area (Å²) in [4.78, 5) is 16.6.